The topological polar surface area (TPSA) is 131 Å². The number of hydrogen-bond donors (Lipinski definition) is 2. The van der Waals surface area contributed by atoms with E-state index in [4.69, 9.17) is 9.47 Å². The highest BCUT2D eigenvalue weighted by Crippen LogP contribution is 2.21. The van der Waals surface area contributed by atoms with Crippen molar-refractivity contribution < 1.29 is 32.3 Å². The minimum atomic E-state index is -3.73. The largest absolute Gasteiger partial charge is 0.452 e. The second-order valence-electron chi connectivity index (χ2n) is 7.34. The Hall–Kier alpha value is -2.50. The lowest BCUT2D eigenvalue weighted by molar-refractivity contribution is -0.123. The maximum Gasteiger partial charge on any atom is 0.338 e. The summed E-state index contributed by atoms with van der Waals surface area (Å²) in [6.45, 7) is 5.88. The number of hydrogen-bond acceptors (Lipinski definition) is 7. The number of esters is 1. The van der Waals surface area contributed by atoms with Crippen LogP contribution in [0.3, 0.4) is 0 Å². The Morgan fingerprint density at radius 2 is 1.74 bits per heavy atom. The Morgan fingerprint density at radius 1 is 1.13 bits per heavy atom. The van der Waals surface area contributed by atoms with Gasteiger partial charge >= 0.3 is 12.0 Å². The molecule has 1 fully saturated rings. The number of amides is 3. The summed E-state index contributed by atoms with van der Waals surface area (Å²) >= 11 is 0. The summed E-state index contributed by atoms with van der Waals surface area (Å²) in [5.74, 6) is -1.57. The summed E-state index contributed by atoms with van der Waals surface area (Å²) in [6.07, 6.45) is 1.25. The van der Waals surface area contributed by atoms with Gasteiger partial charge in [-0.1, -0.05) is 13.3 Å². The Morgan fingerprint density at radius 3 is 2.32 bits per heavy atom. The highest BCUT2D eigenvalue weighted by atomic mass is 32.2. The van der Waals surface area contributed by atoms with Gasteiger partial charge in [0.25, 0.3) is 5.91 Å². The average molecular weight is 456 g/mol. The molecule has 1 aliphatic rings. The summed E-state index contributed by atoms with van der Waals surface area (Å²) in [4.78, 5) is 35.3. The first-order chi connectivity index (χ1) is 14.6. The molecule has 2 rings (SSSR count). The molecule has 0 aliphatic carbocycles. The second kappa shape index (κ2) is 11.2. The molecule has 1 aromatic rings. The summed E-state index contributed by atoms with van der Waals surface area (Å²) in [6, 6.07) is 4.61. The molecule has 2 atom stereocenters. The molecule has 10 nitrogen and oxygen atoms in total. The van der Waals surface area contributed by atoms with E-state index in [2.05, 4.69) is 10.6 Å². The van der Waals surface area contributed by atoms with Gasteiger partial charge in [-0.05, 0) is 44.5 Å². The zero-order valence-electron chi connectivity index (χ0n) is 17.9. The van der Waals surface area contributed by atoms with Crippen LogP contribution < -0.4 is 10.6 Å². The molecule has 1 aliphatic heterocycles. The summed E-state index contributed by atoms with van der Waals surface area (Å²) in [5, 5.41) is 4.56. The van der Waals surface area contributed by atoms with Gasteiger partial charge in [0, 0.05) is 19.6 Å². The monoisotopic (exact) mass is 455 g/mol. The number of sulfonamides is 1. The number of carbonyl (C=O) groups is 3. The maximum atomic E-state index is 12.8. The summed E-state index contributed by atoms with van der Waals surface area (Å²) < 4.78 is 37.5. The first-order valence-corrected chi connectivity index (χ1v) is 11.6. The molecule has 172 valence electrons. The highest BCUT2D eigenvalue weighted by molar-refractivity contribution is 7.89. The molecule has 0 spiro atoms. The zero-order chi connectivity index (χ0) is 23.0. The van der Waals surface area contributed by atoms with Crippen LogP contribution >= 0.6 is 0 Å². The van der Waals surface area contributed by atoms with Gasteiger partial charge in [0.2, 0.25) is 10.0 Å². The lowest BCUT2D eigenvalue weighted by Crippen LogP contribution is -2.48. The number of benzene rings is 1. The Kier molecular flexibility index (Phi) is 8.96. The average Bonchev–Trinajstić information content (AvgIpc) is 2.71. The normalized spacial score (nSPS) is 19.5. The van der Waals surface area contributed by atoms with Crippen molar-refractivity contribution in [1.29, 1.82) is 0 Å². The number of morpholine rings is 1. The fraction of sp³-hybridized carbons (Fsp3) is 0.550. The highest BCUT2D eigenvalue weighted by Gasteiger charge is 2.32. The van der Waals surface area contributed by atoms with Crippen LogP contribution in [0, 0.1) is 0 Å². The third-order valence-corrected chi connectivity index (χ3v) is 6.36. The molecule has 0 saturated carbocycles. The number of urea groups is 1. The molecule has 3 amide bonds. The number of imide groups is 1. The van der Waals surface area contributed by atoms with Crippen molar-refractivity contribution in [2.24, 2.45) is 0 Å². The minimum Gasteiger partial charge on any atom is -0.452 e. The van der Waals surface area contributed by atoms with Crippen LogP contribution in [-0.2, 0) is 24.3 Å². The fourth-order valence-corrected chi connectivity index (χ4v) is 4.63. The number of rotatable bonds is 8. The Labute approximate surface area is 182 Å². The van der Waals surface area contributed by atoms with E-state index in [1.165, 1.54) is 28.6 Å². The van der Waals surface area contributed by atoms with Crippen molar-refractivity contribution in [3.8, 4) is 0 Å². The van der Waals surface area contributed by atoms with Crippen LogP contribution in [-0.4, -0.2) is 69.1 Å². The minimum absolute atomic E-state index is 0.0480. The van der Waals surface area contributed by atoms with Crippen LogP contribution in [0.2, 0.25) is 0 Å². The smallest absolute Gasteiger partial charge is 0.338 e. The molecule has 0 aromatic heterocycles. The van der Waals surface area contributed by atoms with Gasteiger partial charge in [0.15, 0.2) is 6.61 Å². The molecule has 1 saturated heterocycles. The van der Waals surface area contributed by atoms with Gasteiger partial charge in [0.1, 0.15) is 0 Å². The van der Waals surface area contributed by atoms with E-state index >= 15 is 0 Å². The second-order valence-corrected chi connectivity index (χ2v) is 9.28. The van der Waals surface area contributed by atoms with E-state index in [-0.39, 0.29) is 35.8 Å². The van der Waals surface area contributed by atoms with Gasteiger partial charge in [-0.2, -0.15) is 4.31 Å². The lowest BCUT2D eigenvalue weighted by atomic mass is 10.2. The van der Waals surface area contributed by atoms with E-state index in [0.29, 0.717) is 6.54 Å². The summed E-state index contributed by atoms with van der Waals surface area (Å²) in [5.41, 5.74) is 0.0860. The predicted molar refractivity (Wildman–Crippen MR) is 112 cm³/mol. The number of nitrogens with zero attached hydrogens (tertiary/aromatic N) is 1. The zero-order valence-corrected chi connectivity index (χ0v) is 18.7. The number of unbranched alkanes of at least 4 members (excludes halogenated alkanes) is 1. The quantitative estimate of drug-likeness (QED) is 0.446. The first-order valence-electron chi connectivity index (χ1n) is 10.1. The third-order valence-electron chi connectivity index (χ3n) is 4.52. The van der Waals surface area contributed by atoms with Crippen LogP contribution in [0.5, 0.6) is 0 Å². The molecule has 1 heterocycles. The molecular formula is C20H29N3O7S. The Balaban J connectivity index is 1.90. The lowest BCUT2D eigenvalue weighted by Gasteiger charge is -2.34. The van der Waals surface area contributed by atoms with Gasteiger partial charge in [-0.25, -0.2) is 18.0 Å². The molecular weight excluding hydrogens is 426 g/mol. The van der Waals surface area contributed by atoms with Gasteiger partial charge in [0.05, 0.1) is 22.7 Å². The van der Waals surface area contributed by atoms with E-state index in [0.717, 1.165) is 12.8 Å². The fourth-order valence-electron chi connectivity index (χ4n) is 3.04. The van der Waals surface area contributed by atoms with Crippen molar-refractivity contribution in [2.45, 2.75) is 50.7 Å². The van der Waals surface area contributed by atoms with Crippen molar-refractivity contribution >= 4 is 27.9 Å². The standard InChI is InChI=1S/C20H29N3O7S/c1-4-5-10-21-20(26)22-18(24)13-29-19(25)16-6-8-17(9-7-16)31(27,28)23-11-14(2)30-15(3)12-23/h6-9,14-15H,4-5,10-13H2,1-3H3,(H2,21,22,24,26). The van der Waals surface area contributed by atoms with Crippen molar-refractivity contribution in [3.63, 3.8) is 0 Å². The Bertz CT molecular complexity index is 877. The van der Waals surface area contributed by atoms with Crippen LogP contribution in [0.1, 0.15) is 44.0 Å². The summed E-state index contributed by atoms with van der Waals surface area (Å²) in [7, 11) is -3.73. The van der Waals surface area contributed by atoms with Crippen LogP contribution in [0.4, 0.5) is 4.79 Å². The molecule has 0 bridgehead atoms. The van der Waals surface area contributed by atoms with E-state index in [1.807, 2.05) is 20.8 Å². The third kappa shape index (κ3) is 7.30. The molecule has 2 unspecified atom stereocenters. The molecule has 31 heavy (non-hydrogen) atoms. The molecule has 2 N–H and O–H groups in total. The SMILES string of the molecule is CCCCNC(=O)NC(=O)COC(=O)c1ccc(S(=O)(=O)N2CC(C)OC(C)C2)cc1. The van der Waals surface area contributed by atoms with Crippen molar-refractivity contribution in [1.82, 2.24) is 14.9 Å². The number of ether oxygens (including phenoxy) is 2. The number of nitrogens with one attached hydrogen (secondary N) is 2. The molecule has 11 heteroatoms. The van der Waals surface area contributed by atoms with Crippen molar-refractivity contribution in [2.75, 3.05) is 26.2 Å². The van der Waals surface area contributed by atoms with Gasteiger partial charge in [-0.15, -0.1) is 0 Å². The van der Waals surface area contributed by atoms with E-state index in [1.54, 1.807) is 0 Å². The molecule has 0 radical (unpaired) electrons. The van der Waals surface area contributed by atoms with E-state index in [9.17, 15) is 22.8 Å². The number of carbonyl (C=O) groups excluding carboxylic acids is 3. The molecule has 1 aromatic carbocycles. The maximum absolute atomic E-state index is 12.8. The van der Waals surface area contributed by atoms with Crippen molar-refractivity contribution in [3.05, 3.63) is 29.8 Å². The first kappa shape index (κ1) is 24.8. The van der Waals surface area contributed by atoms with Crippen LogP contribution in [0.25, 0.3) is 0 Å². The van der Waals surface area contributed by atoms with Gasteiger partial charge < -0.3 is 14.8 Å². The van der Waals surface area contributed by atoms with E-state index < -0.39 is 34.5 Å². The van der Waals surface area contributed by atoms with Gasteiger partial charge in [-0.3, -0.25) is 10.1 Å². The van der Waals surface area contributed by atoms with Crippen LogP contribution in [0.15, 0.2) is 29.2 Å². The predicted octanol–water partition coefficient (Wildman–Crippen LogP) is 1.27.